The fourth-order valence-corrected chi connectivity index (χ4v) is 2.63. The Labute approximate surface area is 110 Å². The molecular formula is C12H5ClF2N2S. The predicted molar refractivity (Wildman–Crippen MR) is 67.8 cm³/mol. The Balaban J connectivity index is 2.41. The quantitative estimate of drug-likeness (QED) is 0.665. The zero-order valence-electron chi connectivity index (χ0n) is 8.82. The van der Waals surface area contributed by atoms with Crippen molar-refractivity contribution in [1.82, 2.24) is 10.2 Å². The van der Waals surface area contributed by atoms with Crippen molar-refractivity contribution in [3.05, 3.63) is 46.4 Å². The molecule has 0 aliphatic heterocycles. The number of halogens is 3. The number of nitrogens with zero attached hydrogens (tertiary/aromatic N) is 2. The summed E-state index contributed by atoms with van der Waals surface area (Å²) < 4.78 is 26.6. The summed E-state index contributed by atoms with van der Waals surface area (Å²) in [5.74, 6) is -1.88. The van der Waals surface area contributed by atoms with Crippen molar-refractivity contribution in [2.75, 3.05) is 0 Å². The van der Waals surface area contributed by atoms with Crippen LogP contribution in [0.1, 0.15) is 0 Å². The Morgan fingerprint density at radius 2 is 1.78 bits per heavy atom. The number of hydrogen-bond acceptors (Lipinski definition) is 3. The lowest BCUT2D eigenvalue weighted by molar-refractivity contribution is 0.511. The van der Waals surface area contributed by atoms with E-state index in [0.717, 1.165) is 17.0 Å². The largest absolute Gasteiger partial charge is 0.204 e. The molecule has 1 aromatic carbocycles. The number of benzene rings is 1. The van der Waals surface area contributed by atoms with Crippen LogP contribution in [-0.4, -0.2) is 10.2 Å². The number of rotatable bonds is 1. The fourth-order valence-electron chi connectivity index (χ4n) is 1.71. The van der Waals surface area contributed by atoms with Crippen molar-refractivity contribution < 1.29 is 8.78 Å². The van der Waals surface area contributed by atoms with Crippen LogP contribution in [0.15, 0.2) is 29.6 Å². The summed E-state index contributed by atoms with van der Waals surface area (Å²) in [5, 5.41) is 10.5. The van der Waals surface area contributed by atoms with E-state index in [1.54, 1.807) is 0 Å². The number of hydrogen-bond donors (Lipinski definition) is 0. The van der Waals surface area contributed by atoms with Crippen LogP contribution < -0.4 is 0 Å². The summed E-state index contributed by atoms with van der Waals surface area (Å²) in [6, 6.07) is 5.82. The molecule has 0 aliphatic carbocycles. The minimum atomic E-state index is -0.950. The molecule has 2 aromatic heterocycles. The van der Waals surface area contributed by atoms with Gasteiger partial charge in [-0.25, -0.2) is 8.78 Å². The molecule has 2 nitrogen and oxygen atoms in total. The smallest absolute Gasteiger partial charge is 0.159 e. The van der Waals surface area contributed by atoms with Crippen molar-refractivity contribution in [3.8, 4) is 10.6 Å². The molecule has 0 unspecified atom stereocenters. The number of aromatic nitrogens is 2. The minimum absolute atomic E-state index is 0.0595. The molecular weight excluding hydrogens is 278 g/mol. The molecule has 0 radical (unpaired) electrons. The molecule has 6 heteroatoms. The van der Waals surface area contributed by atoms with E-state index in [4.69, 9.17) is 11.6 Å². The van der Waals surface area contributed by atoms with Gasteiger partial charge in [-0.3, -0.25) is 0 Å². The number of fused-ring (bicyclic) bond motifs is 1. The van der Waals surface area contributed by atoms with Crippen LogP contribution in [0.5, 0.6) is 0 Å². The van der Waals surface area contributed by atoms with Crippen LogP contribution in [-0.2, 0) is 0 Å². The SMILES string of the molecule is Fc1cc2c(Cl)nnc(-c3cccs3)c2cc1F. The Bertz CT molecular complexity index is 729. The second-order valence-electron chi connectivity index (χ2n) is 3.63. The maximum Gasteiger partial charge on any atom is 0.159 e. The molecule has 0 saturated carbocycles. The van der Waals surface area contributed by atoms with Gasteiger partial charge in [0.05, 0.1) is 4.88 Å². The van der Waals surface area contributed by atoms with Crippen LogP contribution >= 0.6 is 22.9 Å². The molecule has 90 valence electrons. The molecule has 0 spiro atoms. The Morgan fingerprint density at radius 3 is 2.44 bits per heavy atom. The third kappa shape index (κ3) is 1.76. The minimum Gasteiger partial charge on any atom is -0.204 e. The highest BCUT2D eigenvalue weighted by Gasteiger charge is 2.14. The van der Waals surface area contributed by atoms with Crippen LogP contribution in [0.2, 0.25) is 5.15 Å². The van der Waals surface area contributed by atoms with Crippen molar-refractivity contribution in [3.63, 3.8) is 0 Å². The molecule has 0 fully saturated rings. The standard InChI is InChI=1S/C12H5ClF2N2S/c13-12-7-5-9(15)8(14)4-6(7)11(16-17-12)10-2-1-3-18-10/h1-5H. The molecule has 0 atom stereocenters. The van der Waals surface area contributed by atoms with Crippen molar-refractivity contribution in [2.24, 2.45) is 0 Å². The van der Waals surface area contributed by atoms with Crippen LogP contribution in [0.4, 0.5) is 8.78 Å². The van der Waals surface area contributed by atoms with Gasteiger partial charge in [-0.1, -0.05) is 17.7 Å². The average Bonchev–Trinajstić information content (AvgIpc) is 2.86. The van der Waals surface area contributed by atoms with E-state index in [1.165, 1.54) is 11.3 Å². The molecule has 0 saturated heterocycles. The topological polar surface area (TPSA) is 25.8 Å². The van der Waals surface area contributed by atoms with Gasteiger partial charge in [0, 0.05) is 10.8 Å². The zero-order chi connectivity index (χ0) is 12.7. The van der Waals surface area contributed by atoms with Gasteiger partial charge in [0.1, 0.15) is 5.69 Å². The molecule has 18 heavy (non-hydrogen) atoms. The molecule has 3 aromatic rings. The summed E-state index contributed by atoms with van der Waals surface area (Å²) in [4.78, 5) is 0.829. The van der Waals surface area contributed by atoms with Gasteiger partial charge >= 0.3 is 0 Å². The van der Waals surface area contributed by atoms with Crippen molar-refractivity contribution in [2.45, 2.75) is 0 Å². The predicted octanol–water partition coefficient (Wildman–Crippen LogP) is 4.29. The van der Waals surface area contributed by atoms with E-state index in [-0.39, 0.29) is 5.15 Å². The first-order valence-corrected chi connectivity index (χ1v) is 6.27. The monoisotopic (exact) mass is 282 g/mol. The average molecular weight is 283 g/mol. The number of thiophene rings is 1. The first-order valence-electron chi connectivity index (χ1n) is 5.01. The zero-order valence-corrected chi connectivity index (χ0v) is 10.4. The van der Waals surface area contributed by atoms with Gasteiger partial charge in [-0.2, -0.15) is 0 Å². The first kappa shape index (κ1) is 11.5. The van der Waals surface area contributed by atoms with Crippen molar-refractivity contribution in [1.29, 1.82) is 0 Å². The molecule has 3 rings (SSSR count). The highest BCUT2D eigenvalue weighted by molar-refractivity contribution is 7.13. The van der Waals surface area contributed by atoms with Crippen LogP contribution in [0.25, 0.3) is 21.3 Å². The highest BCUT2D eigenvalue weighted by atomic mass is 35.5. The van der Waals surface area contributed by atoms with E-state index in [1.807, 2.05) is 17.5 Å². The van der Waals surface area contributed by atoms with Gasteiger partial charge in [-0.15, -0.1) is 21.5 Å². The summed E-state index contributed by atoms with van der Waals surface area (Å²) >= 11 is 7.30. The second kappa shape index (κ2) is 4.26. The Morgan fingerprint density at radius 1 is 1.06 bits per heavy atom. The summed E-state index contributed by atoms with van der Waals surface area (Å²) in [7, 11) is 0. The fraction of sp³-hybridized carbons (Fsp3) is 0. The summed E-state index contributed by atoms with van der Waals surface area (Å²) in [6.45, 7) is 0. The van der Waals surface area contributed by atoms with Gasteiger partial charge in [0.25, 0.3) is 0 Å². The molecule has 0 aliphatic rings. The summed E-state index contributed by atoms with van der Waals surface area (Å²) in [5.41, 5.74) is 0.503. The van der Waals surface area contributed by atoms with Gasteiger partial charge < -0.3 is 0 Å². The van der Waals surface area contributed by atoms with Crippen molar-refractivity contribution >= 4 is 33.7 Å². The lowest BCUT2D eigenvalue weighted by Crippen LogP contribution is -1.93. The second-order valence-corrected chi connectivity index (χ2v) is 4.93. The normalized spacial score (nSPS) is 11.1. The molecule has 2 heterocycles. The molecule has 0 N–H and O–H groups in total. The van der Waals surface area contributed by atoms with Gasteiger partial charge in [-0.05, 0) is 23.6 Å². The summed E-state index contributed by atoms with van der Waals surface area (Å²) in [6.07, 6.45) is 0. The van der Waals surface area contributed by atoms with E-state index in [0.29, 0.717) is 16.5 Å². The van der Waals surface area contributed by atoms with Crippen LogP contribution in [0, 0.1) is 11.6 Å². The maximum atomic E-state index is 13.3. The highest BCUT2D eigenvalue weighted by Crippen LogP contribution is 2.33. The van der Waals surface area contributed by atoms with Crippen LogP contribution in [0.3, 0.4) is 0 Å². The maximum absolute atomic E-state index is 13.3. The van der Waals surface area contributed by atoms with E-state index >= 15 is 0 Å². The lowest BCUT2D eigenvalue weighted by atomic mass is 10.1. The Kier molecular flexibility index (Phi) is 2.72. The lowest BCUT2D eigenvalue weighted by Gasteiger charge is -2.05. The van der Waals surface area contributed by atoms with Gasteiger partial charge in [0.15, 0.2) is 16.8 Å². The van der Waals surface area contributed by atoms with E-state index in [2.05, 4.69) is 10.2 Å². The van der Waals surface area contributed by atoms with Gasteiger partial charge in [0.2, 0.25) is 0 Å². The third-order valence-electron chi connectivity index (χ3n) is 2.53. The Hall–Kier alpha value is -1.59. The third-order valence-corrected chi connectivity index (χ3v) is 3.69. The molecule has 0 amide bonds. The van der Waals surface area contributed by atoms with E-state index < -0.39 is 11.6 Å². The molecule has 0 bridgehead atoms. The first-order chi connectivity index (χ1) is 8.66. The van der Waals surface area contributed by atoms with E-state index in [9.17, 15) is 8.78 Å².